The van der Waals surface area contributed by atoms with E-state index in [0.717, 1.165) is 25.3 Å². The lowest BCUT2D eigenvalue weighted by Gasteiger charge is -2.18. The van der Waals surface area contributed by atoms with E-state index in [-0.39, 0.29) is 11.7 Å². The average Bonchev–Trinajstić information content (AvgIpc) is 2.74. The number of urea groups is 1. The number of benzene rings is 1. The quantitative estimate of drug-likeness (QED) is 0.796. The van der Waals surface area contributed by atoms with Crippen LogP contribution in [0.1, 0.15) is 36.5 Å². The minimum absolute atomic E-state index is 0.0411. The fourth-order valence-electron chi connectivity index (χ4n) is 2.53. The van der Waals surface area contributed by atoms with Gasteiger partial charge < -0.3 is 15.7 Å². The first-order valence-corrected chi connectivity index (χ1v) is 6.58. The second-order valence-electron chi connectivity index (χ2n) is 5.08. The molecule has 1 fully saturated rings. The Kier molecular flexibility index (Phi) is 4.22. The summed E-state index contributed by atoms with van der Waals surface area (Å²) >= 11 is 0. The summed E-state index contributed by atoms with van der Waals surface area (Å²) in [5.74, 6) is -1.88. The van der Waals surface area contributed by atoms with Crippen molar-refractivity contribution in [2.45, 2.75) is 32.2 Å². The van der Waals surface area contributed by atoms with E-state index >= 15 is 0 Å². The zero-order valence-electron chi connectivity index (χ0n) is 11.1. The van der Waals surface area contributed by atoms with Crippen LogP contribution in [0.25, 0.3) is 0 Å². The summed E-state index contributed by atoms with van der Waals surface area (Å²) in [7, 11) is 0. The number of anilines is 1. The molecule has 0 spiro atoms. The summed E-state index contributed by atoms with van der Waals surface area (Å²) < 4.78 is 13.5. The van der Waals surface area contributed by atoms with E-state index in [2.05, 4.69) is 17.6 Å². The van der Waals surface area contributed by atoms with Gasteiger partial charge in [0, 0.05) is 6.04 Å². The molecule has 2 atom stereocenters. The normalized spacial score (nSPS) is 21.5. The van der Waals surface area contributed by atoms with Gasteiger partial charge in [0.25, 0.3) is 0 Å². The Morgan fingerprint density at radius 2 is 2.10 bits per heavy atom. The SMILES string of the molecule is CC1CCCC1NC(=O)Nc1cccc(F)c1C(=O)O. The van der Waals surface area contributed by atoms with Gasteiger partial charge in [0.2, 0.25) is 0 Å². The molecule has 0 bridgehead atoms. The molecule has 0 radical (unpaired) electrons. The summed E-state index contributed by atoms with van der Waals surface area (Å²) in [4.78, 5) is 22.9. The predicted octanol–water partition coefficient (Wildman–Crippen LogP) is 2.83. The van der Waals surface area contributed by atoms with Gasteiger partial charge >= 0.3 is 12.0 Å². The summed E-state index contributed by atoms with van der Waals surface area (Å²) in [5, 5.41) is 14.2. The Hall–Kier alpha value is -2.11. The third kappa shape index (κ3) is 3.07. The van der Waals surface area contributed by atoms with Gasteiger partial charge in [-0.1, -0.05) is 19.4 Å². The van der Waals surface area contributed by atoms with Crippen molar-refractivity contribution < 1.29 is 19.1 Å². The molecule has 2 rings (SSSR count). The van der Waals surface area contributed by atoms with Crippen LogP contribution >= 0.6 is 0 Å². The average molecular weight is 280 g/mol. The first-order chi connectivity index (χ1) is 9.49. The number of amides is 2. The molecule has 1 aliphatic carbocycles. The van der Waals surface area contributed by atoms with Crippen LogP contribution in [0.2, 0.25) is 0 Å². The molecule has 2 amide bonds. The minimum Gasteiger partial charge on any atom is -0.478 e. The van der Waals surface area contributed by atoms with Crippen LogP contribution in [0.5, 0.6) is 0 Å². The van der Waals surface area contributed by atoms with Gasteiger partial charge in [0.1, 0.15) is 11.4 Å². The molecule has 5 nitrogen and oxygen atoms in total. The van der Waals surface area contributed by atoms with Gasteiger partial charge in [-0.2, -0.15) is 0 Å². The monoisotopic (exact) mass is 280 g/mol. The molecule has 1 aromatic rings. The molecular weight excluding hydrogens is 263 g/mol. The van der Waals surface area contributed by atoms with Gasteiger partial charge in [0.15, 0.2) is 0 Å². The molecule has 0 saturated heterocycles. The molecule has 2 unspecified atom stereocenters. The molecular formula is C14H17FN2O3. The first-order valence-electron chi connectivity index (χ1n) is 6.58. The molecule has 1 saturated carbocycles. The maximum absolute atomic E-state index is 13.5. The van der Waals surface area contributed by atoms with E-state index in [1.165, 1.54) is 12.1 Å². The minimum atomic E-state index is -1.41. The lowest BCUT2D eigenvalue weighted by Crippen LogP contribution is -2.39. The number of hydrogen-bond acceptors (Lipinski definition) is 2. The van der Waals surface area contributed by atoms with Crippen LogP contribution in [0.3, 0.4) is 0 Å². The number of nitrogens with one attached hydrogen (secondary N) is 2. The molecule has 20 heavy (non-hydrogen) atoms. The maximum Gasteiger partial charge on any atom is 0.340 e. The zero-order valence-corrected chi connectivity index (χ0v) is 11.1. The highest BCUT2D eigenvalue weighted by atomic mass is 19.1. The lowest BCUT2D eigenvalue weighted by atomic mass is 10.1. The summed E-state index contributed by atoms with van der Waals surface area (Å²) in [5.41, 5.74) is -0.567. The molecule has 108 valence electrons. The fourth-order valence-corrected chi connectivity index (χ4v) is 2.53. The number of rotatable bonds is 3. The van der Waals surface area contributed by atoms with Crippen molar-refractivity contribution in [1.82, 2.24) is 5.32 Å². The van der Waals surface area contributed by atoms with Crippen molar-refractivity contribution in [2.24, 2.45) is 5.92 Å². The van der Waals surface area contributed by atoms with Gasteiger partial charge in [-0.25, -0.2) is 14.0 Å². The Bertz CT molecular complexity index is 533. The van der Waals surface area contributed by atoms with Crippen LogP contribution in [0.4, 0.5) is 14.9 Å². The molecule has 1 aliphatic rings. The van der Waals surface area contributed by atoms with Crippen LogP contribution in [-0.4, -0.2) is 23.1 Å². The van der Waals surface area contributed by atoms with Crippen molar-refractivity contribution >= 4 is 17.7 Å². The van der Waals surface area contributed by atoms with Crippen molar-refractivity contribution in [3.63, 3.8) is 0 Å². The second kappa shape index (κ2) is 5.90. The van der Waals surface area contributed by atoms with Gasteiger partial charge in [0.05, 0.1) is 5.69 Å². The van der Waals surface area contributed by atoms with Crippen LogP contribution < -0.4 is 10.6 Å². The van der Waals surface area contributed by atoms with E-state index in [1.807, 2.05) is 0 Å². The molecule has 0 aliphatic heterocycles. The Labute approximate surface area is 116 Å². The highest BCUT2D eigenvalue weighted by molar-refractivity contribution is 6.00. The van der Waals surface area contributed by atoms with Crippen molar-refractivity contribution in [1.29, 1.82) is 0 Å². The largest absolute Gasteiger partial charge is 0.478 e. The van der Waals surface area contributed by atoms with Gasteiger partial charge in [-0.3, -0.25) is 0 Å². The van der Waals surface area contributed by atoms with Crippen molar-refractivity contribution in [3.8, 4) is 0 Å². The molecule has 3 N–H and O–H groups in total. The number of hydrogen-bond donors (Lipinski definition) is 3. The number of aromatic carboxylic acids is 1. The smallest absolute Gasteiger partial charge is 0.340 e. The Balaban J connectivity index is 2.08. The van der Waals surface area contributed by atoms with Crippen LogP contribution in [0.15, 0.2) is 18.2 Å². The van der Waals surface area contributed by atoms with E-state index in [0.29, 0.717) is 5.92 Å². The number of carboxylic acid groups (broad SMARTS) is 1. The van der Waals surface area contributed by atoms with E-state index < -0.39 is 23.4 Å². The third-order valence-corrected chi connectivity index (χ3v) is 3.65. The van der Waals surface area contributed by atoms with Gasteiger partial charge in [-0.05, 0) is 30.9 Å². The first kappa shape index (κ1) is 14.3. The summed E-state index contributed by atoms with van der Waals surface area (Å²) in [6.07, 6.45) is 3.03. The molecule has 0 aromatic heterocycles. The highest BCUT2D eigenvalue weighted by Crippen LogP contribution is 2.25. The topological polar surface area (TPSA) is 78.4 Å². The van der Waals surface area contributed by atoms with E-state index in [9.17, 15) is 14.0 Å². The maximum atomic E-state index is 13.5. The number of halogens is 1. The molecule has 6 heteroatoms. The standard InChI is InChI=1S/C14H17FN2O3/c1-8-4-2-6-10(8)16-14(20)17-11-7-3-5-9(15)12(11)13(18)19/h3,5,7-8,10H,2,4,6H2,1H3,(H,18,19)(H2,16,17,20). The number of carbonyl (C=O) groups excluding carboxylic acids is 1. The third-order valence-electron chi connectivity index (χ3n) is 3.65. The second-order valence-corrected chi connectivity index (χ2v) is 5.08. The predicted molar refractivity (Wildman–Crippen MR) is 72.3 cm³/mol. The van der Waals surface area contributed by atoms with Crippen molar-refractivity contribution in [2.75, 3.05) is 5.32 Å². The highest BCUT2D eigenvalue weighted by Gasteiger charge is 2.25. The fraction of sp³-hybridized carbons (Fsp3) is 0.429. The van der Waals surface area contributed by atoms with Crippen LogP contribution in [-0.2, 0) is 0 Å². The Morgan fingerprint density at radius 3 is 2.70 bits per heavy atom. The lowest BCUT2D eigenvalue weighted by molar-refractivity contribution is 0.0693. The van der Waals surface area contributed by atoms with Crippen molar-refractivity contribution in [3.05, 3.63) is 29.6 Å². The molecule has 1 aromatic carbocycles. The molecule has 0 heterocycles. The number of carboxylic acids is 1. The summed E-state index contributed by atoms with van der Waals surface area (Å²) in [6.45, 7) is 2.06. The zero-order chi connectivity index (χ0) is 14.7. The summed E-state index contributed by atoms with van der Waals surface area (Å²) in [6, 6.07) is 3.35. The number of carbonyl (C=O) groups is 2. The van der Waals surface area contributed by atoms with E-state index in [4.69, 9.17) is 5.11 Å². The Morgan fingerprint density at radius 1 is 1.35 bits per heavy atom. The van der Waals surface area contributed by atoms with Crippen LogP contribution in [0, 0.1) is 11.7 Å². The van der Waals surface area contributed by atoms with Gasteiger partial charge in [-0.15, -0.1) is 0 Å². The van der Waals surface area contributed by atoms with E-state index in [1.54, 1.807) is 0 Å².